The number of benzene rings is 1. The number of methoxy groups -OCH3 is 1. The summed E-state index contributed by atoms with van der Waals surface area (Å²) < 4.78 is 24.2. The number of ether oxygens (including phenoxy) is 1. The van der Waals surface area contributed by atoms with E-state index in [1.807, 2.05) is 25.2 Å². The van der Waals surface area contributed by atoms with Crippen molar-refractivity contribution >= 4 is 29.9 Å². The van der Waals surface area contributed by atoms with Gasteiger partial charge in [0.05, 0.1) is 13.4 Å². The summed E-state index contributed by atoms with van der Waals surface area (Å²) in [6.07, 6.45) is 2.52. The highest BCUT2D eigenvalue weighted by molar-refractivity contribution is 14.0. The molecule has 2 heterocycles. The SMILES string of the molecule is CN=C(NCCc1ccco1)N1CCN(Cc2ccc(OC)c(F)c2)CC1.I. The van der Waals surface area contributed by atoms with Gasteiger partial charge in [-0.3, -0.25) is 9.89 Å². The highest BCUT2D eigenvalue weighted by Crippen LogP contribution is 2.19. The zero-order valence-electron chi connectivity index (χ0n) is 16.4. The second-order valence-corrected chi connectivity index (χ2v) is 6.54. The Kier molecular flexibility index (Phi) is 9.04. The second-order valence-electron chi connectivity index (χ2n) is 6.54. The van der Waals surface area contributed by atoms with Crippen LogP contribution >= 0.6 is 24.0 Å². The maximum absolute atomic E-state index is 13.9. The molecule has 0 atom stereocenters. The number of halogens is 2. The Hall–Kier alpha value is -1.81. The fourth-order valence-electron chi connectivity index (χ4n) is 3.27. The van der Waals surface area contributed by atoms with E-state index in [0.29, 0.717) is 0 Å². The molecule has 1 N–H and O–H groups in total. The van der Waals surface area contributed by atoms with Crippen LogP contribution in [0.4, 0.5) is 4.39 Å². The average Bonchev–Trinajstić information content (AvgIpc) is 3.20. The van der Waals surface area contributed by atoms with Gasteiger partial charge in [-0.25, -0.2) is 4.39 Å². The van der Waals surface area contributed by atoms with E-state index in [0.717, 1.165) is 63.0 Å². The number of aliphatic imine (C=N–C) groups is 1. The first-order valence-corrected chi connectivity index (χ1v) is 9.22. The number of hydrogen-bond donors (Lipinski definition) is 1. The fourth-order valence-corrected chi connectivity index (χ4v) is 3.27. The highest BCUT2D eigenvalue weighted by Gasteiger charge is 2.20. The number of nitrogens with zero attached hydrogens (tertiary/aromatic N) is 3. The third-order valence-electron chi connectivity index (χ3n) is 4.74. The predicted octanol–water partition coefficient (Wildman–Crippen LogP) is 2.98. The molecule has 1 saturated heterocycles. The van der Waals surface area contributed by atoms with Crippen molar-refractivity contribution in [3.8, 4) is 5.75 Å². The molecule has 154 valence electrons. The Bertz CT molecular complexity index is 747. The lowest BCUT2D eigenvalue weighted by molar-refractivity contribution is 0.172. The molecule has 1 aromatic heterocycles. The van der Waals surface area contributed by atoms with Crippen molar-refractivity contribution in [1.29, 1.82) is 0 Å². The molecule has 8 heteroatoms. The van der Waals surface area contributed by atoms with E-state index in [2.05, 4.69) is 20.1 Å². The van der Waals surface area contributed by atoms with Crippen LogP contribution in [-0.2, 0) is 13.0 Å². The van der Waals surface area contributed by atoms with Crippen molar-refractivity contribution < 1.29 is 13.5 Å². The smallest absolute Gasteiger partial charge is 0.193 e. The quantitative estimate of drug-likeness (QED) is 0.374. The Balaban J connectivity index is 0.00000280. The topological polar surface area (TPSA) is 53.2 Å². The lowest BCUT2D eigenvalue weighted by Crippen LogP contribution is -2.52. The summed E-state index contributed by atoms with van der Waals surface area (Å²) in [5, 5.41) is 3.40. The summed E-state index contributed by atoms with van der Waals surface area (Å²) in [7, 11) is 3.29. The molecule has 3 rings (SSSR count). The average molecular weight is 502 g/mol. The summed E-state index contributed by atoms with van der Waals surface area (Å²) >= 11 is 0. The van der Waals surface area contributed by atoms with E-state index in [9.17, 15) is 4.39 Å². The lowest BCUT2D eigenvalue weighted by atomic mass is 10.2. The van der Waals surface area contributed by atoms with Crippen LogP contribution in [0.25, 0.3) is 0 Å². The standard InChI is InChI=1S/C20H27FN4O2.HI/c1-22-20(23-8-7-17-4-3-13-27-17)25-11-9-24(10-12-25)15-16-5-6-19(26-2)18(21)14-16;/h3-6,13-14H,7-12,15H2,1-2H3,(H,22,23);1H. The Morgan fingerprint density at radius 3 is 2.64 bits per heavy atom. The van der Waals surface area contributed by atoms with Crippen LogP contribution in [0, 0.1) is 5.82 Å². The Labute approximate surface area is 182 Å². The zero-order chi connectivity index (χ0) is 19.1. The number of guanidine groups is 1. The van der Waals surface area contributed by atoms with Crippen molar-refractivity contribution in [2.24, 2.45) is 4.99 Å². The minimum Gasteiger partial charge on any atom is -0.494 e. The molecular formula is C20H28FIN4O2. The van der Waals surface area contributed by atoms with Crippen molar-refractivity contribution in [1.82, 2.24) is 15.1 Å². The van der Waals surface area contributed by atoms with Crippen molar-refractivity contribution in [2.45, 2.75) is 13.0 Å². The number of hydrogen-bond acceptors (Lipinski definition) is 4. The molecule has 0 spiro atoms. The zero-order valence-corrected chi connectivity index (χ0v) is 18.7. The summed E-state index contributed by atoms with van der Waals surface area (Å²) in [5.74, 6) is 1.86. The normalized spacial score (nSPS) is 15.2. The predicted molar refractivity (Wildman–Crippen MR) is 119 cm³/mol. The van der Waals surface area contributed by atoms with Gasteiger partial charge in [0.1, 0.15) is 5.76 Å². The van der Waals surface area contributed by atoms with Gasteiger partial charge in [-0.2, -0.15) is 0 Å². The van der Waals surface area contributed by atoms with E-state index in [1.165, 1.54) is 7.11 Å². The monoisotopic (exact) mass is 502 g/mol. The van der Waals surface area contributed by atoms with Crippen LogP contribution in [0.3, 0.4) is 0 Å². The molecule has 0 bridgehead atoms. The summed E-state index contributed by atoms with van der Waals surface area (Å²) in [4.78, 5) is 8.97. The van der Waals surface area contributed by atoms with Crippen molar-refractivity contribution in [2.75, 3.05) is 46.9 Å². The lowest BCUT2D eigenvalue weighted by Gasteiger charge is -2.36. The molecule has 2 aromatic rings. The summed E-state index contributed by atoms with van der Waals surface area (Å²) in [5.41, 5.74) is 0.961. The van der Waals surface area contributed by atoms with Crippen molar-refractivity contribution in [3.63, 3.8) is 0 Å². The van der Waals surface area contributed by atoms with E-state index >= 15 is 0 Å². The van der Waals surface area contributed by atoms with Gasteiger partial charge in [0, 0.05) is 52.7 Å². The van der Waals surface area contributed by atoms with Gasteiger partial charge >= 0.3 is 0 Å². The molecule has 1 aromatic carbocycles. The number of furan rings is 1. The first-order valence-electron chi connectivity index (χ1n) is 9.22. The van der Waals surface area contributed by atoms with E-state index in [-0.39, 0.29) is 35.5 Å². The van der Waals surface area contributed by atoms with Crippen LogP contribution in [0.1, 0.15) is 11.3 Å². The largest absolute Gasteiger partial charge is 0.494 e. The van der Waals surface area contributed by atoms with E-state index < -0.39 is 0 Å². The maximum atomic E-state index is 13.9. The van der Waals surface area contributed by atoms with Gasteiger partial charge in [-0.1, -0.05) is 6.07 Å². The number of nitrogens with one attached hydrogen (secondary N) is 1. The molecule has 6 nitrogen and oxygen atoms in total. The molecule has 0 aliphatic carbocycles. The molecule has 1 fully saturated rings. The van der Waals surface area contributed by atoms with E-state index in [1.54, 1.807) is 18.4 Å². The minimum absolute atomic E-state index is 0. The van der Waals surface area contributed by atoms with Gasteiger partial charge in [0.15, 0.2) is 17.5 Å². The molecular weight excluding hydrogens is 474 g/mol. The maximum Gasteiger partial charge on any atom is 0.193 e. The first kappa shape index (κ1) is 22.5. The molecule has 28 heavy (non-hydrogen) atoms. The Morgan fingerprint density at radius 2 is 2.04 bits per heavy atom. The van der Waals surface area contributed by atoms with Crippen molar-refractivity contribution in [3.05, 3.63) is 53.7 Å². The summed E-state index contributed by atoms with van der Waals surface area (Å²) in [6.45, 7) is 5.11. The van der Waals surface area contributed by atoms with Crippen LogP contribution < -0.4 is 10.1 Å². The number of piperazine rings is 1. The molecule has 0 unspecified atom stereocenters. The van der Waals surface area contributed by atoms with Crippen LogP contribution in [0.5, 0.6) is 5.75 Å². The fraction of sp³-hybridized carbons (Fsp3) is 0.450. The molecule has 1 aliphatic rings. The minimum atomic E-state index is -0.310. The van der Waals surface area contributed by atoms with Crippen LogP contribution in [-0.4, -0.2) is 62.6 Å². The molecule has 1 aliphatic heterocycles. The summed E-state index contributed by atoms with van der Waals surface area (Å²) in [6, 6.07) is 9.04. The second kappa shape index (κ2) is 11.3. The third-order valence-corrected chi connectivity index (χ3v) is 4.74. The highest BCUT2D eigenvalue weighted by atomic mass is 127. The van der Waals surface area contributed by atoms with Gasteiger partial charge in [-0.05, 0) is 29.8 Å². The van der Waals surface area contributed by atoms with E-state index in [4.69, 9.17) is 9.15 Å². The van der Waals surface area contributed by atoms with Gasteiger partial charge in [0.25, 0.3) is 0 Å². The molecule has 0 amide bonds. The van der Waals surface area contributed by atoms with Gasteiger partial charge in [-0.15, -0.1) is 24.0 Å². The molecule has 0 saturated carbocycles. The van der Waals surface area contributed by atoms with Gasteiger partial charge in [0.2, 0.25) is 0 Å². The van der Waals surface area contributed by atoms with Crippen LogP contribution in [0.15, 0.2) is 46.0 Å². The van der Waals surface area contributed by atoms with Gasteiger partial charge < -0.3 is 19.4 Å². The van der Waals surface area contributed by atoms with Crippen LogP contribution in [0.2, 0.25) is 0 Å². The number of rotatable bonds is 6. The molecule has 0 radical (unpaired) electrons. The Morgan fingerprint density at radius 1 is 1.25 bits per heavy atom. The third kappa shape index (κ3) is 6.10. The first-order chi connectivity index (χ1) is 13.2.